The average Bonchev–Trinajstić information content (AvgIpc) is 2.77. The molecule has 1 saturated carbocycles. The minimum absolute atomic E-state index is 0.260. The number of carbonyl (C=O) groups excluding carboxylic acids is 1. The van der Waals surface area contributed by atoms with Crippen molar-refractivity contribution in [1.29, 1.82) is 0 Å². The highest BCUT2D eigenvalue weighted by Crippen LogP contribution is 2.28. The van der Waals surface area contributed by atoms with Crippen LogP contribution in [0.5, 0.6) is 0 Å². The van der Waals surface area contributed by atoms with Gasteiger partial charge in [-0.15, -0.1) is 0 Å². The Morgan fingerprint density at radius 3 is 2.60 bits per heavy atom. The summed E-state index contributed by atoms with van der Waals surface area (Å²) in [6.07, 6.45) is 8.95. The average molecular weight is 357 g/mol. The minimum Gasteiger partial charge on any atom is -0.321 e. The molecule has 25 heavy (non-hydrogen) atoms. The third kappa shape index (κ3) is 3.67. The maximum Gasteiger partial charge on any atom is 0.275 e. The molecule has 0 spiro atoms. The molecule has 0 bridgehead atoms. The van der Waals surface area contributed by atoms with Crippen LogP contribution in [-0.4, -0.2) is 39.9 Å². The smallest absolute Gasteiger partial charge is 0.275 e. The lowest BCUT2D eigenvalue weighted by Gasteiger charge is -2.36. The van der Waals surface area contributed by atoms with E-state index in [1.807, 2.05) is 6.07 Å². The van der Waals surface area contributed by atoms with Crippen LogP contribution in [0.4, 0.5) is 5.69 Å². The Kier molecular flexibility index (Phi) is 4.68. The van der Waals surface area contributed by atoms with E-state index in [0.29, 0.717) is 0 Å². The number of hydrogen-bond donors (Lipinski definition) is 1. The van der Waals surface area contributed by atoms with Crippen LogP contribution < -0.4 is 5.32 Å². The van der Waals surface area contributed by atoms with Crippen molar-refractivity contribution in [3.8, 4) is 0 Å². The fourth-order valence-electron chi connectivity index (χ4n) is 3.56. The monoisotopic (exact) mass is 356 g/mol. The quantitative estimate of drug-likeness (QED) is 0.916. The van der Waals surface area contributed by atoms with Gasteiger partial charge >= 0.3 is 0 Å². The Morgan fingerprint density at radius 2 is 1.92 bits per heavy atom. The van der Waals surface area contributed by atoms with Gasteiger partial charge in [-0.05, 0) is 48.9 Å². The third-order valence-corrected chi connectivity index (χ3v) is 5.44. The molecule has 1 aliphatic heterocycles. The number of aromatic nitrogens is 2. The zero-order chi connectivity index (χ0) is 17.2. The number of amides is 1. The Morgan fingerprint density at radius 1 is 1.12 bits per heavy atom. The van der Waals surface area contributed by atoms with E-state index in [4.69, 9.17) is 11.6 Å². The van der Waals surface area contributed by atoms with Crippen molar-refractivity contribution >= 4 is 23.2 Å². The Hall–Kier alpha value is -1.98. The Bertz CT molecular complexity index is 773. The third-order valence-electron chi connectivity index (χ3n) is 5.24. The summed E-state index contributed by atoms with van der Waals surface area (Å²) >= 11 is 5.71. The van der Waals surface area contributed by atoms with Gasteiger partial charge in [0, 0.05) is 24.8 Å². The molecule has 2 heterocycles. The standard InChI is InChI=1S/C19H21ClN4O/c20-18-12-21-17(11-22-18)19(25)23-15-5-4-13-6-8-24(16-2-1-3-16)9-7-14(13)10-15/h4-5,10-12,16H,1-3,6-9H2,(H,23,25). The second-order valence-corrected chi connectivity index (χ2v) is 7.17. The maximum atomic E-state index is 12.3. The molecule has 4 rings (SSSR count). The molecule has 0 saturated heterocycles. The molecule has 130 valence electrons. The molecule has 0 radical (unpaired) electrons. The van der Waals surface area contributed by atoms with Crippen molar-refractivity contribution in [3.05, 3.63) is 52.6 Å². The molecule has 1 aliphatic carbocycles. The van der Waals surface area contributed by atoms with Crippen molar-refractivity contribution < 1.29 is 4.79 Å². The van der Waals surface area contributed by atoms with Crippen LogP contribution in [0.15, 0.2) is 30.6 Å². The predicted octanol–water partition coefficient (Wildman–Crippen LogP) is 3.34. The lowest BCUT2D eigenvalue weighted by atomic mass is 9.91. The zero-order valence-electron chi connectivity index (χ0n) is 14.0. The van der Waals surface area contributed by atoms with Gasteiger partial charge in [-0.3, -0.25) is 9.69 Å². The van der Waals surface area contributed by atoms with Gasteiger partial charge in [0.2, 0.25) is 0 Å². The largest absolute Gasteiger partial charge is 0.321 e. The summed E-state index contributed by atoms with van der Waals surface area (Å²) in [6.45, 7) is 2.25. The van der Waals surface area contributed by atoms with Gasteiger partial charge in [-0.2, -0.15) is 0 Å². The predicted molar refractivity (Wildman–Crippen MR) is 98.1 cm³/mol. The normalized spacial score (nSPS) is 18.1. The van der Waals surface area contributed by atoms with Gasteiger partial charge in [0.05, 0.1) is 12.4 Å². The summed E-state index contributed by atoms with van der Waals surface area (Å²) in [7, 11) is 0. The highest BCUT2D eigenvalue weighted by atomic mass is 35.5. The topological polar surface area (TPSA) is 58.1 Å². The van der Waals surface area contributed by atoms with Gasteiger partial charge in [0.15, 0.2) is 0 Å². The molecule has 1 N–H and O–H groups in total. The zero-order valence-corrected chi connectivity index (χ0v) is 14.8. The first-order valence-corrected chi connectivity index (χ1v) is 9.21. The lowest BCUT2D eigenvalue weighted by molar-refractivity contribution is 0.102. The highest BCUT2D eigenvalue weighted by Gasteiger charge is 2.26. The number of carbonyl (C=O) groups is 1. The van der Waals surface area contributed by atoms with Crippen LogP contribution in [0.25, 0.3) is 0 Å². The van der Waals surface area contributed by atoms with Crippen molar-refractivity contribution in [2.24, 2.45) is 0 Å². The van der Waals surface area contributed by atoms with Crippen molar-refractivity contribution in [2.75, 3.05) is 18.4 Å². The summed E-state index contributed by atoms with van der Waals surface area (Å²) in [5.74, 6) is -0.270. The van der Waals surface area contributed by atoms with Gasteiger partial charge in [-0.25, -0.2) is 9.97 Å². The van der Waals surface area contributed by atoms with E-state index in [2.05, 4.69) is 32.3 Å². The molecule has 1 aromatic carbocycles. The van der Waals surface area contributed by atoms with Gasteiger partial charge in [0.1, 0.15) is 10.8 Å². The van der Waals surface area contributed by atoms with Gasteiger partial charge in [0.25, 0.3) is 5.91 Å². The number of halogens is 1. The molecular weight excluding hydrogens is 336 g/mol. The van der Waals surface area contributed by atoms with E-state index in [1.165, 1.54) is 42.8 Å². The number of anilines is 1. The summed E-state index contributed by atoms with van der Waals surface area (Å²) in [5, 5.41) is 3.18. The van der Waals surface area contributed by atoms with E-state index in [0.717, 1.165) is 37.7 Å². The number of nitrogens with one attached hydrogen (secondary N) is 1. The number of hydrogen-bond acceptors (Lipinski definition) is 4. The Balaban J connectivity index is 1.45. The number of benzene rings is 1. The maximum absolute atomic E-state index is 12.3. The van der Waals surface area contributed by atoms with Crippen molar-refractivity contribution in [2.45, 2.75) is 38.1 Å². The van der Waals surface area contributed by atoms with Crippen LogP contribution >= 0.6 is 11.6 Å². The van der Waals surface area contributed by atoms with Crippen LogP contribution in [-0.2, 0) is 12.8 Å². The molecule has 2 aliphatic rings. The number of rotatable bonds is 3. The first kappa shape index (κ1) is 16.5. The number of fused-ring (bicyclic) bond motifs is 1. The van der Waals surface area contributed by atoms with E-state index in [9.17, 15) is 4.79 Å². The molecule has 1 amide bonds. The molecular formula is C19H21ClN4O. The second-order valence-electron chi connectivity index (χ2n) is 6.78. The van der Waals surface area contributed by atoms with Gasteiger partial charge < -0.3 is 5.32 Å². The van der Waals surface area contributed by atoms with Crippen LogP contribution in [0, 0.1) is 0 Å². The Labute approximate surface area is 152 Å². The summed E-state index contributed by atoms with van der Waals surface area (Å²) in [4.78, 5) is 22.8. The first-order valence-electron chi connectivity index (χ1n) is 8.84. The minimum atomic E-state index is -0.270. The summed E-state index contributed by atoms with van der Waals surface area (Å²) in [5.41, 5.74) is 3.79. The fraction of sp³-hybridized carbons (Fsp3) is 0.421. The number of nitrogens with zero attached hydrogens (tertiary/aromatic N) is 3. The molecule has 0 atom stereocenters. The van der Waals surface area contributed by atoms with E-state index in [-0.39, 0.29) is 16.8 Å². The van der Waals surface area contributed by atoms with E-state index >= 15 is 0 Å². The molecule has 6 heteroatoms. The summed E-state index contributed by atoms with van der Waals surface area (Å²) in [6, 6.07) is 7.00. The lowest BCUT2D eigenvalue weighted by Crippen LogP contribution is -2.41. The van der Waals surface area contributed by atoms with Crippen LogP contribution in [0.2, 0.25) is 5.15 Å². The fourth-order valence-corrected chi connectivity index (χ4v) is 3.66. The van der Waals surface area contributed by atoms with Crippen LogP contribution in [0.1, 0.15) is 40.9 Å². The van der Waals surface area contributed by atoms with Crippen molar-refractivity contribution in [1.82, 2.24) is 14.9 Å². The molecule has 2 aromatic rings. The first-order chi connectivity index (χ1) is 12.2. The second kappa shape index (κ2) is 7.10. The van der Waals surface area contributed by atoms with Gasteiger partial charge in [-0.1, -0.05) is 24.1 Å². The molecule has 1 fully saturated rings. The molecule has 5 nitrogen and oxygen atoms in total. The van der Waals surface area contributed by atoms with E-state index in [1.54, 1.807) is 0 Å². The summed E-state index contributed by atoms with van der Waals surface area (Å²) < 4.78 is 0. The molecule has 1 aromatic heterocycles. The SMILES string of the molecule is O=C(Nc1ccc2c(c1)CCN(C1CCC1)CC2)c1cnc(Cl)cn1. The van der Waals surface area contributed by atoms with Crippen LogP contribution in [0.3, 0.4) is 0 Å². The highest BCUT2D eigenvalue weighted by molar-refractivity contribution is 6.29. The van der Waals surface area contributed by atoms with E-state index < -0.39 is 0 Å². The molecule has 0 unspecified atom stereocenters. The van der Waals surface area contributed by atoms with Crippen molar-refractivity contribution in [3.63, 3.8) is 0 Å².